The van der Waals surface area contributed by atoms with Crippen molar-refractivity contribution in [2.24, 2.45) is 0 Å². The van der Waals surface area contributed by atoms with Crippen molar-refractivity contribution in [2.45, 2.75) is 53.1 Å². The van der Waals surface area contributed by atoms with E-state index in [4.69, 9.17) is 0 Å². The Hall–Kier alpha value is -0.470. The Morgan fingerprint density at radius 3 is 2.56 bits per heavy atom. The molecule has 102 valence electrons. The van der Waals surface area contributed by atoms with Crippen molar-refractivity contribution in [2.75, 3.05) is 11.5 Å². The van der Waals surface area contributed by atoms with E-state index in [-0.39, 0.29) is 0 Å². The van der Waals surface area contributed by atoms with Crippen LogP contribution in [-0.2, 0) is 0 Å². The number of benzene rings is 1. The fourth-order valence-corrected chi connectivity index (χ4v) is 3.12. The third kappa shape index (κ3) is 5.03. The van der Waals surface area contributed by atoms with E-state index in [2.05, 4.69) is 58.1 Å². The van der Waals surface area contributed by atoms with E-state index in [1.807, 2.05) is 11.8 Å². The Kier molecular flexibility index (Phi) is 6.80. The molecule has 2 atom stereocenters. The highest BCUT2D eigenvalue weighted by molar-refractivity contribution is 7.99. The number of thioether (sulfide) groups is 1. The molecule has 0 heterocycles. The standard InChI is InChI=1S/C16H27NS/c1-6-18-10-9-14(4)17-15(5)16-8-7-12(2)11-13(16)3/h7-8,11,14-15,17H,6,9-10H2,1-5H3. The van der Waals surface area contributed by atoms with Crippen LogP contribution in [0.5, 0.6) is 0 Å². The Morgan fingerprint density at radius 1 is 1.22 bits per heavy atom. The molecule has 0 saturated heterocycles. The van der Waals surface area contributed by atoms with Crippen LogP contribution in [0.25, 0.3) is 0 Å². The van der Waals surface area contributed by atoms with Gasteiger partial charge in [0, 0.05) is 12.1 Å². The van der Waals surface area contributed by atoms with Crippen LogP contribution in [0.1, 0.15) is 49.9 Å². The molecule has 0 amide bonds. The highest BCUT2D eigenvalue weighted by Crippen LogP contribution is 2.19. The summed E-state index contributed by atoms with van der Waals surface area (Å²) >= 11 is 2.02. The first-order chi connectivity index (χ1) is 8.54. The zero-order chi connectivity index (χ0) is 13.5. The monoisotopic (exact) mass is 265 g/mol. The van der Waals surface area contributed by atoms with Crippen molar-refractivity contribution in [3.63, 3.8) is 0 Å². The van der Waals surface area contributed by atoms with Gasteiger partial charge in [-0.1, -0.05) is 30.7 Å². The zero-order valence-corrected chi connectivity index (χ0v) is 13.2. The average molecular weight is 265 g/mol. The molecular weight excluding hydrogens is 238 g/mol. The van der Waals surface area contributed by atoms with Gasteiger partial charge in [-0.05, 0) is 56.7 Å². The van der Waals surface area contributed by atoms with Crippen molar-refractivity contribution in [3.8, 4) is 0 Å². The second-order valence-electron chi connectivity index (χ2n) is 5.14. The summed E-state index contributed by atoms with van der Waals surface area (Å²) in [5, 5.41) is 3.70. The lowest BCUT2D eigenvalue weighted by Gasteiger charge is -2.22. The lowest BCUT2D eigenvalue weighted by Crippen LogP contribution is -2.29. The Labute approximate surface area is 117 Å². The molecule has 1 aromatic rings. The number of rotatable bonds is 7. The Bertz CT molecular complexity index is 362. The van der Waals surface area contributed by atoms with E-state index in [0.717, 1.165) is 0 Å². The van der Waals surface area contributed by atoms with Gasteiger partial charge in [0.25, 0.3) is 0 Å². The summed E-state index contributed by atoms with van der Waals surface area (Å²) in [5.41, 5.74) is 4.16. The molecule has 18 heavy (non-hydrogen) atoms. The first kappa shape index (κ1) is 15.6. The summed E-state index contributed by atoms with van der Waals surface area (Å²) in [5.74, 6) is 2.48. The summed E-state index contributed by atoms with van der Waals surface area (Å²) in [7, 11) is 0. The largest absolute Gasteiger partial charge is 0.308 e. The second-order valence-corrected chi connectivity index (χ2v) is 6.53. The van der Waals surface area contributed by atoms with Crippen LogP contribution in [0, 0.1) is 13.8 Å². The molecule has 0 radical (unpaired) electrons. The van der Waals surface area contributed by atoms with Crippen LogP contribution in [0.15, 0.2) is 18.2 Å². The summed E-state index contributed by atoms with van der Waals surface area (Å²) in [6.45, 7) is 11.1. The van der Waals surface area contributed by atoms with Gasteiger partial charge < -0.3 is 5.32 Å². The minimum Gasteiger partial charge on any atom is -0.308 e. The topological polar surface area (TPSA) is 12.0 Å². The first-order valence-corrected chi connectivity index (χ1v) is 8.11. The maximum absolute atomic E-state index is 3.70. The van der Waals surface area contributed by atoms with Crippen molar-refractivity contribution >= 4 is 11.8 Å². The molecule has 2 heteroatoms. The minimum absolute atomic E-state index is 0.437. The van der Waals surface area contributed by atoms with Crippen LogP contribution in [0.3, 0.4) is 0 Å². The highest BCUT2D eigenvalue weighted by atomic mass is 32.2. The number of hydrogen-bond donors (Lipinski definition) is 1. The smallest absolute Gasteiger partial charge is 0.0296 e. The molecule has 1 aromatic carbocycles. The fourth-order valence-electron chi connectivity index (χ4n) is 2.32. The first-order valence-electron chi connectivity index (χ1n) is 6.95. The highest BCUT2D eigenvalue weighted by Gasteiger charge is 2.11. The fraction of sp³-hybridized carbons (Fsp3) is 0.625. The van der Waals surface area contributed by atoms with Crippen molar-refractivity contribution in [1.29, 1.82) is 0 Å². The lowest BCUT2D eigenvalue weighted by molar-refractivity contribution is 0.470. The molecular formula is C16H27NS. The number of nitrogens with one attached hydrogen (secondary N) is 1. The molecule has 1 nitrogen and oxygen atoms in total. The van der Waals surface area contributed by atoms with Crippen molar-refractivity contribution in [1.82, 2.24) is 5.32 Å². The van der Waals surface area contributed by atoms with Gasteiger partial charge in [-0.3, -0.25) is 0 Å². The predicted molar refractivity (Wildman–Crippen MR) is 84.5 cm³/mol. The summed E-state index contributed by atoms with van der Waals surface area (Å²) in [4.78, 5) is 0. The van der Waals surface area contributed by atoms with Crippen molar-refractivity contribution < 1.29 is 0 Å². The van der Waals surface area contributed by atoms with Crippen LogP contribution < -0.4 is 5.32 Å². The zero-order valence-electron chi connectivity index (χ0n) is 12.4. The average Bonchev–Trinajstić information content (AvgIpc) is 2.28. The van der Waals surface area contributed by atoms with Gasteiger partial charge >= 0.3 is 0 Å². The number of aryl methyl sites for hydroxylation is 2. The number of hydrogen-bond acceptors (Lipinski definition) is 2. The quantitative estimate of drug-likeness (QED) is 0.729. The van der Waals surface area contributed by atoms with Gasteiger partial charge in [0.05, 0.1) is 0 Å². The molecule has 0 bridgehead atoms. The van der Waals surface area contributed by atoms with Gasteiger partial charge in [0.2, 0.25) is 0 Å². The third-order valence-electron chi connectivity index (χ3n) is 3.33. The Balaban J connectivity index is 2.51. The maximum Gasteiger partial charge on any atom is 0.0296 e. The summed E-state index contributed by atoms with van der Waals surface area (Å²) < 4.78 is 0. The normalized spacial score (nSPS) is 14.5. The molecule has 0 aliphatic heterocycles. The second kappa shape index (κ2) is 7.85. The molecule has 0 aliphatic rings. The predicted octanol–water partition coefficient (Wildman–Crippen LogP) is 4.49. The molecule has 1 N–H and O–H groups in total. The third-order valence-corrected chi connectivity index (χ3v) is 4.26. The van der Waals surface area contributed by atoms with Gasteiger partial charge in [-0.25, -0.2) is 0 Å². The van der Waals surface area contributed by atoms with Crippen LogP contribution in [0.2, 0.25) is 0 Å². The van der Waals surface area contributed by atoms with E-state index in [0.29, 0.717) is 12.1 Å². The molecule has 1 rings (SSSR count). The Morgan fingerprint density at radius 2 is 1.94 bits per heavy atom. The SMILES string of the molecule is CCSCCC(C)NC(C)c1ccc(C)cc1C. The summed E-state index contributed by atoms with van der Waals surface area (Å²) in [6, 6.07) is 7.76. The van der Waals surface area contributed by atoms with Gasteiger partial charge in [-0.2, -0.15) is 11.8 Å². The maximum atomic E-state index is 3.70. The van der Waals surface area contributed by atoms with Crippen LogP contribution >= 0.6 is 11.8 Å². The van der Waals surface area contributed by atoms with Gasteiger partial charge in [0.15, 0.2) is 0 Å². The molecule has 0 saturated carbocycles. The van der Waals surface area contributed by atoms with E-state index >= 15 is 0 Å². The van der Waals surface area contributed by atoms with Gasteiger partial charge in [0.1, 0.15) is 0 Å². The van der Waals surface area contributed by atoms with E-state index in [1.54, 1.807) is 0 Å². The molecule has 2 unspecified atom stereocenters. The summed E-state index contributed by atoms with van der Waals surface area (Å²) in [6.07, 6.45) is 1.24. The van der Waals surface area contributed by atoms with Gasteiger partial charge in [-0.15, -0.1) is 0 Å². The van der Waals surface area contributed by atoms with Crippen LogP contribution in [-0.4, -0.2) is 17.5 Å². The minimum atomic E-state index is 0.437. The van der Waals surface area contributed by atoms with Crippen molar-refractivity contribution in [3.05, 3.63) is 34.9 Å². The van der Waals surface area contributed by atoms with E-state index in [9.17, 15) is 0 Å². The van der Waals surface area contributed by atoms with E-state index in [1.165, 1.54) is 34.6 Å². The lowest BCUT2D eigenvalue weighted by atomic mass is 9.99. The molecule has 0 fully saturated rings. The molecule has 0 aliphatic carbocycles. The van der Waals surface area contributed by atoms with Crippen LogP contribution in [0.4, 0.5) is 0 Å². The molecule has 0 spiro atoms. The van der Waals surface area contributed by atoms with E-state index < -0.39 is 0 Å². The molecule has 0 aromatic heterocycles.